The normalized spacial score (nSPS) is 12.6. The van der Waals surface area contributed by atoms with Crippen molar-refractivity contribution in [2.45, 2.75) is 64.3 Å². The number of pyridine rings is 1. The predicted molar refractivity (Wildman–Crippen MR) is 86.5 cm³/mol. The van der Waals surface area contributed by atoms with Gasteiger partial charge in [0.2, 0.25) is 0 Å². The van der Waals surface area contributed by atoms with E-state index in [4.69, 9.17) is 0 Å². The molecule has 3 heteroatoms. The molecule has 1 heterocycles. The van der Waals surface area contributed by atoms with E-state index in [0.717, 1.165) is 10.9 Å². The molecule has 0 fully saturated rings. The number of hydrogen-bond donors (Lipinski definition) is 1. The molecule has 108 valence electrons. The van der Waals surface area contributed by atoms with Gasteiger partial charge in [-0.2, -0.15) is 0 Å². The molecule has 0 aliphatic heterocycles. The van der Waals surface area contributed by atoms with Crippen LogP contribution in [0.3, 0.4) is 0 Å². The van der Waals surface area contributed by atoms with Crippen LogP contribution in [0.2, 0.25) is 0 Å². The highest BCUT2D eigenvalue weighted by molar-refractivity contribution is 9.10. The van der Waals surface area contributed by atoms with Crippen molar-refractivity contribution in [3.63, 3.8) is 0 Å². The van der Waals surface area contributed by atoms with Gasteiger partial charge in [0, 0.05) is 28.8 Å². The van der Waals surface area contributed by atoms with E-state index in [1.165, 1.54) is 50.6 Å². The molecule has 2 nitrogen and oxygen atoms in total. The quantitative estimate of drug-likeness (QED) is 0.629. The van der Waals surface area contributed by atoms with Gasteiger partial charge in [0.1, 0.15) is 0 Å². The van der Waals surface area contributed by atoms with Gasteiger partial charge in [-0.15, -0.1) is 0 Å². The van der Waals surface area contributed by atoms with Crippen LogP contribution in [0.5, 0.6) is 0 Å². The molecule has 0 radical (unpaired) electrons. The summed E-state index contributed by atoms with van der Waals surface area (Å²) in [6, 6.07) is 4.73. The largest absolute Gasteiger partial charge is 0.317 e. The molecule has 0 bridgehead atoms. The van der Waals surface area contributed by atoms with E-state index in [2.05, 4.69) is 52.3 Å². The first-order valence-corrected chi connectivity index (χ1v) is 8.33. The molecule has 1 unspecified atom stereocenters. The van der Waals surface area contributed by atoms with Gasteiger partial charge in [-0.3, -0.25) is 4.98 Å². The van der Waals surface area contributed by atoms with Crippen molar-refractivity contribution in [1.82, 2.24) is 10.3 Å². The minimum atomic E-state index is 0.555. The molecule has 0 spiro atoms. The summed E-state index contributed by atoms with van der Waals surface area (Å²) in [4.78, 5) is 4.45. The molecule has 0 saturated heterocycles. The molecule has 0 saturated carbocycles. The molecule has 0 aromatic carbocycles. The monoisotopic (exact) mass is 326 g/mol. The Kier molecular flexibility index (Phi) is 9.10. The molecule has 1 atom stereocenters. The van der Waals surface area contributed by atoms with Crippen LogP contribution in [0.4, 0.5) is 0 Å². The van der Waals surface area contributed by atoms with E-state index in [9.17, 15) is 0 Å². The minimum absolute atomic E-state index is 0.555. The smallest absolute Gasteiger partial charge is 0.0419 e. The average molecular weight is 327 g/mol. The number of nitrogens with zero attached hydrogens (tertiary/aromatic N) is 1. The topological polar surface area (TPSA) is 24.9 Å². The molecule has 0 amide bonds. The number of unbranched alkanes of at least 4 members (excludes halogenated alkanes) is 5. The third-order valence-electron chi connectivity index (χ3n) is 3.56. The first-order chi connectivity index (χ1) is 9.26. The minimum Gasteiger partial charge on any atom is -0.317 e. The maximum Gasteiger partial charge on any atom is 0.0419 e. The molecule has 1 rings (SSSR count). The highest BCUT2D eigenvalue weighted by atomic mass is 79.9. The van der Waals surface area contributed by atoms with Crippen LogP contribution in [-0.4, -0.2) is 18.1 Å². The third kappa shape index (κ3) is 7.68. The fraction of sp³-hybridized carbons (Fsp3) is 0.688. The Morgan fingerprint density at radius 3 is 2.53 bits per heavy atom. The maximum absolute atomic E-state index is 4.45. The third-order valence-corrected chi connectivity index (χ3v) is 4.03. The van der Waals surface area contributed by atoms with Crippen LogP contribution >= 0.6 is 15.9 Å². The van der Waals surface area contributed by atoms with E-state index < -0.39 is 0 Å². The van der Waals surface area contributed by atoms with Gasteiger partial charge in [0.05, 0.1) is 0 Å². The lowest BCUT2D eigenvalue weighted by atomic mass is 10.0. The first-order valence-electron chi connectivity index (χ1n) is 7.54. The van der Waals surface area contributed by atoms with E-state index in [-0.39, 0.29) is 0 Å². The van der Waals surface area contributed by atoms with Crippen LogP contribution in [-0.2, 0) is 6.42 Å². The highest BCUT2D eigenvalue weighted by Gasteiger charge is 2.07. The van der Waals surface area contributed by atoms with E-state index in [0.29, 0.717) is 6.04 Å². The first kappa shape index (κ1) is 16.6. The summed E-state index contributed by atoms with van der Waals surface area (Å²) in [6.07, 6.45) is 12.4. The Morgan fingerprint density at radius 1 is 1.16 bits per heavy atom. The zero-order valence-corrected chi connectivity index (χ0v) is 13.9. The lowest BCUT2D eigenvalue weighted by molar-refractivity contribution is 0.476. The Hall–Kier alpha value is -0.410. The van der Waals surface area contributed by atoms with Crippen molar-refractivity contribution < 1.29 is 0 Å². The lowest BCUT2D eigenvalue weighted by Gasteiger charge is -2.15. The van der Waals surface area contributed by atoms with Gasteiger partial charge in [0.15, 0.2) is 0 Å². The number of hydrogen-bond acceptors (Lipinski definition) is 2. The van der Waals surface area contributed by atoms with Crippen LogP contribution in [0.25, 0.3) is 0 Å². The van der Waals surface area contributed by atoms with Gasteiger partial charge in [-0.1, -0.05) is 45.4 Å². The van der Waals surface area contributed by atoms with Crippen LogP contribution in [0.15, 0.2) is 22.8 Å². The summed E-state index contributed by atoms with van der Waals surface area (Å²) in [5.41, 5.74) is 1.17. The SMILES string of the molecule is CCCCCCCCC(Cc1ccc(Br)cn1)NC. The Morgan fingerprint density at radius 2 is 1.89 bits per heavy atom. The molecular formula is C16H27BrN2. The molecule has 1 aromatic heterocycles. The molecule has 1 aromatic rings. The second-order valence-electron chi connectivity index (χ2n) is 5.21. The van der Waals surface area contributed by atoms with Crippen LogP contribution in [0.1, 0.15) is 57.6 Å². The molecule has 19 heavy (non-hydrogen) atoms. The predicted octanol–water partition coefficient (Wildman–Crippen LogP) is 4.73. The van der Waals surface area contributed by atoms with Crippen LogP contribution in [0, 0.1) is 0 Å². The fourth-order valence-corrected chi connectivity index (χ4v) is 2.53. The second-order valence-corrected chi connectivity index (χ2v) is 6.13. The maximum atomic E-state index is 4.45. The van der Waals surface area contributed by atoms with Gasteiger partial charge < -0.3 is 5.32 Å². The number of nitrogens with one attached hydrogen (secondary N) is 1. The van der Waals surface area contributed by atoms with Crippen molar-refractivity contribution in [1.29, 1.82) is 0 Å². The summed E-state index contributed by atoms with van der Waals surface area (Å²) >= 11 is 3.42. The Balaban J connectivity index is 2.20. The summed E-state index contributed by atoms with van der Waals surface area (Å²) in [5, 5.41) is 3.42. The zero-order chi connectivity index (χ0) is 13.9. The van der Waals surface area contributed by atoms with Crippen molar-refractivity contribution in [3.8, 4) is 0 Å². The van der Waals surface area contributed by atoms with Gasteiger partial charge >= 0.3 is 0 Å². The number of halogens is 1. The van der Waals surface area contributed by atoms with Crippen molar-refractivity contribution in [2.75, 3.05) is 7.05 Å². The molecule has 1 N–H and O–H groups in total. The Bertz CT molecular complexity index is 324. The number of rotatable bonds is 10. The van der Waals surface area contributed by atoms with Gasteiger partial charge in [-0.05, 0) is 41.5 Å². The summed E-state index contributed by atoms with van der Waals surface area (Å²) in [7, 11) is 2.06. The van der Waals surface area contributed by atoms with Crippen molar-refractivity contribution >= 4 is 15.9 Å². The Labute approximate surface area is 126 Å². The van der Waals surface area contributed by atoms with Gasteiger partial charge in [-0.25, -0.2) is 0 Å². The summed E-state index contributed by atoms with van der Waals surface area (Å²) < 4.78 is 1.05. The second kappa shape index (κ2) is 10.4. The van der Waals surface area contributed by atoms with Crippen LogP contribution < -0.4 is 5.32 Å². The molecular weight excluding hydrogens is 300 g/mol. The standard InChI is InChI=1S/C16H27BrN2/c1-3-4-5-6-7-8-9-15(18-2)12-16-11-10-14(17)13-19-16/h10-11,13,15,18H,3-9,12H2,1-2H3. The molecule has 0 aliphatic rings. The lowest BCUT2D eigenvalue weighted by Crippen LogP contribution is -2.27. The fourth-order valence-electron chi connectivity index (χ4n) is 2.30. The van der Waals surface area contributed by atoms with E-state index >= 15 is 0 Å². The summed E-state index contributed by atoms with van der Waals surface area (Å²) in [5.74, 6) is 0. The summed E-state index contributed by atoms with van der Waals surface area (Å²) in [6.45, 7) is 2.27. The zero-order valence-electron chi connectivity index (χ0n) is 12.3. The number of likely N-dealkylation sites (N-methyl/N-ethyl adjacent to an activating group) is 1. The molecule has 0 aliphatic carbocycles. The van der Waals surface area contributed by atoms with E-state index in [1.54, 1.807) is 0 Å². The van der Waals surface area contributed by atoms with Crippen molar-refractivity contribution in [3.05, 3.63) is 28.5 Å². The van der Waals surface area contributed by atoms with Gasteiger partial charge in [0.25, 0.3) is 0 Å². The van der Waals surface area contributed by atoms with Crippen molar-refractivity contribution in [2.24, 2.45) is 0 Å². The average Bonchev–Trinajstić information content (AvgIpc) is 2.43. The number of aromatic nitrogens is 1. The highest BCUT2D eigenvalue weighted by Crippen LogP contribution is 2.13. The van der Waals surface area contributed by atoms with E-state index in [1.807, 2.05) is 6.20 Å².